The first-order chi connectivity index (χ1) is 9.38. The average Bonchev–Trinajstić information content (AvgIpc) is 2.74. The monoisotopic (exact) mass is 288 g/mol. The topological polar surface area (TPSA) is 97.4 Å². The zero-order valence-corrected chi connectivity index (χ0v) is 11.4. The summed E-state index contributed by atoms with van der Waals surface area (Å²) >= 11 is 0. The number of carbonyl (C=O) groups is 3. The van der Waals surface area contributed by atoms with Crippen molar-refractivity contribution in [3.8, 4) is 0 Å². The average molecular weight is 288 g/mol. The second-order valence-electron chi connectivity index (χ2n) is 4.60. The fourth-order valence-electron chi connectivity index (χ4n) is 2.31. The maximum atomic E-state index is 11.2. The minimum absolute atomic E-state index is 0.165. The van der Waals surface area contributed by atoms with E-state index >= 15 is 0 Å². The third kappa shape index (κ3) is 3.07. The molecule has 2 saturated heterocycles. The fraction of sp³-hybridized carbons (Fsp3) is 0.750. The molecule has 0 aromatic carbocycles. The maximum absolute atomic E-state index is 11.2. The first-order valence-electron chi connectivity index (χ1n) is 6.17. The molecule has 0 N–H and O–H groups in total. The van der Waals surface area contributed by atoms with Gasteiger partial charge in [0, 0.05) is 20.8 Å². The number of esters is 3. The number of carbonyl (C=O) groups excluding carboxylic acids is 3. The quantitative estimate of drug-likeness (QED) is 0.508. The lowest BCUT2D eigenvalue weighted by Crippen LogP contribution is -2.58. The van der Waals surface area contributed by atoms with Crippen LogP contribution in [0, 0.1) is 0 Å². The summed E-state index contributed by atoms with van der Waals surface area (Å²) in [5, 5.41) is 0. The van der Waals surface area contributed by atoms with Crippen LogP contribution in [0.4, 0.5) is 0 Å². The van der Waals surface area contributed by atoms with E-state index in [4.69, 9.17) is 23.7 Å². The van der Waals surface area contributed by atoms with Gasteiger partial charge in [0.15, 0.2) is 24.6 Å². The van der Waals surface area contributed by atoms with Crippen molar-refractivity contribution in [2.24, 2.45) is 0 Å². The number of hydrogen-bond donors (Lipinski definition) is 0. The van der Waals surface area contributed by atoms with Gasteiger partial charge >= 0.3 is 17.9 Å². The van der Waals surface area contributed by atoms with E-state index in [1.807, 2.05) is 0 Å². The summed E-state index contributed by atoms with van der Waals surface area (Å²) in [6.07, 6.45) is -4.19. The van der Waals surface area contributed by atoms with Crippen LogP contribution >= 0.6 is 0 Å². The normalized spacial score (nSPS) is 35.2. The SMILES string of the molecule is CC(=O)OC1C(OC(C)=O)[C@H](OC(C)=O)C2CO[C@@H]1O2. The molecular weight excluding hydrogens is 272 g/mol. The highest BCUT2D eigenvalue weighted by atomic mass is 16.8. The Morgan fingerprint density at radius 3 is 1.90 bits per heavy atom. The molecule has 8 heteroatoms. The molecule has 2 aliphatic heterocycles. The zero-order valence-electron chi connectivity index (χ0n) is 11.4. The molecule has 0 radical (unpaired) electrons. The lowest BCUT2D eigenvalue weighted by molar-refractivity contribution is -0.250. The highest BCUT2D eigenvalue weighted by Crippen LogP contribution is 2.33. The predicted octanol–water partition coefficient (Wildman–Crippen LogP) is -0.463. The van der Waals surface area contributed by atoms with Crippen LogP contribution in [-0.2, 0) is 38.1 Å². The second-order valence-corrected chi connectivity index (χ2v) is 4.60. The molecule has 2 heterocycles. The Bertz CT molecular complexity index is 390. The van der Waals surface area contributed by atoms with E-state index in [-0.39, 0.29) is 6.61 Å². The second kappa shape index (κ2) is 5.76. The van der Waals surface area contributed by atoms with Crippen LogP contribution in [0.15, 0.2) is 0 Å². The fourth-order valence-corrected chi connectivity index (χ4v) is 2.31. The predicted molar refractivity (Wildman–Crippen MR) is 61.3 cm³/mol. The summed E-state index contributed by atoms with van der Waals surface area (Å²) in [5.41, 5.74) is 0. The third-order valence-corrected chi connectivity index (χ3v) is 2.92. The van der Waals surface area contributed by atoms with Crippen LogP contribution in [0.2, 0.25) is 0 Å². The molecule has 0 aromatic rings. The zero-order chi connectivity index (χ0) is 14.9. The van der Waals surface area contributed by atoms with Crippen molar-refractivity contribution in [2.45, 2.75) is 51.5 Å². The minimum atomic E-state index is -0.973. The van der Waals surface area contributed by atoms with Gasteiger partial charge < -0.3 is 23.7 Å². The van der Waals surface area contributed by atoms with E-state index in [1.54, 1.807) is 0 Å². The summed E-state index contributed by atoms with van der Waals surface area (Å²) in [6, 6.07) is 0. The third-order valence-electron chi connectivity index (χ3n) is 2.92. The van der Waals surface area contributed by atoms with Gasteiger partial charge in [0.1, 0.15) is 6.10 Å². The number of hydrogen-bond acceptors (Lipinski definition) is 8. The van der Waals surface area contributed by atoms with Crippen LogP contribution < -0.4 is 0 Å². The molecule has 2 aliphatic rings. The van der Waals surface area contributed by atoms with Crippen LogP contribution in [0.1, 0.15) is 20.8 Å². The molecule has 2 rings (SSSR count). The Balaban J connectivity index is 2.24. The Morgan fingerprint density at radius 1 is 0.850 bits per heavy atom. The molecule has 0 amide bonds. The largest absolute Gasteiger partial charge is 0.456 e. The molecule has 3 unspecified atom stereocenters. The minimum Gasteiger partial charge on any atom is -0.456 e. The van der Waals surface area contributed by atoms with Crippen molar-refractivity contribution in [2.75, 3.05) is 6.61 Å². The molecule has 2 fully saturated rings. The van der Waals surface area contributed by atoms with E-state index in [2.05, 4.69) is 0 Å². The molecule has 2 bridgehead atoms. The Kier molecular flexibility index (Phi) is 4.24. The van der Waals surface area contributed by atoms with E-state index in [9.17, 15) is 14.4 Å². The van der Waals surface area contributed by atoms with Gasteiger partial charge in [-0.1, -0.05) is 0 Å². The van der Waals surface area contributed by atoms with Gasteiger partial charge in [-0.15, -0.1) is 0 Å². The van der Waals surface area contributed by atoms with Crippen molar-refractivity contribution in [1.29, 1.82) is 0 Å². The standard InChI is InChI=1S/C12H16O8/c1-5(13)17-9-8-4-16-12(20-8)11(19-7(3)15)10(9)18-6(2)14/h8-12H,4H2,1-3H3/t8?,9-,10?,11?,12-/m1/s1. The number of rotatable bonds is 3. The van der Waals surface area contributed by atoms with Crippen molar-refractivity contribution >= 4 is 17.9 Å². The van der Waals surface area contributed by atoms with Crippen molar-refractivity contribution in [1.82, 2.24) is 0 Å². The highest BCUT2D eigenvalue weighted by Gasteiger charge is 2.55. The van der Waals surface area contributed by atoms with Gasteiger partial charge in [-0.05, 0) is 0 Å². The first kappa shape index (κ1) is 14.7. The molecule has 112 valence electrons. The molecule has 5 atom stereocenters. The molecule has 20 heavy (non-hydrogen) atoms. The molecule has 8 nitrogen and oxygen atoms in total. The van der Waals surface area contributed by atoms with Crippen molar-refractivity contribution < 1.29 is 38.1 Å². The van der Waals surface area contributed by atoms with Crippen LogP contribution in [0.3, 0.4) is 0 Å². The van der Waals surface area contributed by atoms with Crippen molar-refractivity contribution in [3.05, 3.63) is 0 Å². The van der Waals surface area contributed by atoms with Gasteiger partial charge in [0.25, 0.3) is 0 Å². The number of fused-ring (bicyclic) bond motifs is 2. The van der Waals surface area contributed by atoms with Gasteiger partial charge in [-0.25, -0.2) is 0 Å². The summed E-state index contributed by atoms with van der Waals surface area (Å²) in [6.45, 7) is 3.83. The van der Waals surface area contributed by atoms with Gasteiger partial charge in [-0.3, -0.25) is 14.4 Å². The summed E-state index contributed by atoms with van der Waals surface area (Å²) in [7, 11) is 0. The van der Waals surface area contributed by atoms with Crippen molar-refractivity contribution in [3.63, 3.8) is 0 Å². The van der Waals surface area contributed by atoms with E-state index in [0.29, 0.717) is 0 Å². The maximum Gasteiger partial charge on any atom is 0.303 e. The Morgan fingerprint density at radius 2 is 1.35 bits per heavy atom. The lowest BCUT2D eigenvalue weighted by Gasteiger charge is -2.38. The van der Waals surface area contributed by atoms with Crippen LogP contribution in [0.25, 0.3) is 0 Å². The Hall–Kier alpha value is -1.67. The van der Waals surface area contributed by atoms with Crippen LogP contribution in [-0.4, -0.2) is 55.2 Å². The lowest BCUT2D eigenvalue weighted by atomic mass is 10.00. The molecular formula is C12H16O8. The molecule has 0 spiro atoms. The first-order valence-corrected chi connectivity index (χ1v) is 6.17. The highest BCUT2D eigenvalue weighted by molar-refractivity contribution is 5.68. The van der Waals surface area contributed by atoms with E-state index < -0.39 is 48.6 Å². The van der Waals surface area contributed by atoms with E-state index in [1.165, 1.54) is 20.8 Å². The smallest absolute Gasteiger partial charge is 0.303 e. The van der Waals surface area contributed by atoms with Gasteiger partial charge in [-0.2, -0.15) is 0 Å². The summed E-state index contributed by atoms with van der Waals surface area (Å²) in [5.74, 6) is -1.71. The van der Waals surface area contributed by atoms with Gasteiger partial charge in [0.05, 0.1) is 6.61 Å². The molecule has 0 saturated carbocycles. The van der Waals surface area contributed by atoms with E-state index in [0.717, 1.165) is 0 Å². The summed E-state index contributed by atoms with van der Waals surface area (Å²) < 4.78 is 26.2. The van der Waals surface area contributed by atoms with Crippen LogP contribution in [0.5, 0.6) is 0 Å². The molecule has 0 aromatic heterocycles. The summed E-state index contributed by atoms with van der Waals surface area (Å²) in [4.78, 5) is 33.6. The molecule has 0 aliphatic carbocycles. The van der Waals surface area contributed by atoms with Gasteiger partial charge in [0.2, 0.25) is 0 Å². The Labute approximate surface area is 115 Å². The number of ether oxygens (including phenoxy) is 5.